The number of piperidine rings is 1. The highest BCUT2D eigenvalue weighted by molar-refractivity contribution is 7.15. The average Bonchev–Trinajstić information content (AvgIpc) is 3.31. The third-order valence-corrected chi connectivity index (χ3v) is 7.97. The molecule has 2 N–H and O–H groups in total. The average molecular weight is 470 g/mol. The van der Waals surface area contributed by atoms with Crippen LogP contribution in [0.4, 0.5) is 0 Å². The van der Waals surface area contributed by atoms with Crippen LogP contribution in [0.25, 0.3) is 21.8 Å². The molecule has 1 aliphatic rings. The summed E-state index contributed by atoms with van der Waals surface area (Å²) in [6.45, 7) is 6.31. The second-order valence-electron chi connectivity index (χ2n) is 9.51. The van der Waals surface area contributed by atoms with Gasteiger partial charge in [-0.15, -0.1) is 11.3 Å². The lowest BCUT2D eigenvalue weighted by Crippen LogP contribution is -2.36. The number of aromatic nitrogens is 3. The molecule has 2 aromatic carbocycles. The van der Waals surface area contributed by atoms with Crippen LogP contribution in [0, 0.1) is 6.92 Å². The van der Waals surface area contributed by atoms with Gasteiger partial charge in [-0.1, -0.05) is 54.1 Å². The molecule has 34 heavy (non-hydrogen) atoms. The first-order valence-corrected chi connectivity index (χ1v) is 12.7. The summed E-state index contributed by atoms with van der Waals surface area (Å²) in [5.41, 5.74) is 11.2. The molecule has 0 spiro atoms. The van der Waals surface area contributed by atoms with Crippen molar-refractivity contribution < 1.29 is 0 Å². The van der Waals surface area contributed by atoms with E-state index >= 15 is 0 Å². The van der Waals surface area contributed by atoms with Crippen LogP contribution in [0.2, 0.25) is 0 Å². The van der Waals surface area contributed by atoms with Crippen LogP contribution in [0.5, 0.6) is 0 Å². The van der Waals surface area contributed by atoms with E-state index < -0.39 is 5.54 Å². The van der Waals surface area contributed by atoms with Crippen molar-refractivity contribution in [3.05, 3.63) is 88.8 Å². The van der Waals surface area contributed by atoms with E-state index in [0.29, 0.717) is 11.7 Å². The Labute approximate surface area is 205 Å². The summed E-state index contributed by atoms with van der Waals surface area (Å²) < 4.78 is 0. The van der Waals surface area contributed by atoms with Crippen molar-refractivity contribution in [2.45, 2.75) is 38.1 Å². The van der Waals surface area contributed by atoms with Crippen LogP contribution in [0.1, 0.15) is 47.6 Å². The van der Waals surface area contributed by atoms with E-state index in [1.54, 1.807) is 11.3 Å². The maximum absolute atomic E-state index is 6.77. The van der Waals surface area contributed by atoms with Gasteiger partial charge in [-0.25, -0.2) is 15.0 Å². The van der Waals surface area contributed by atoms with Crippen LogP contribution in [0.3, 0.4) is 0 Å². The van der Waals surface area contributed by atoms with Crippen LogP contribution < -0.4 is 5.73 Å². The van der Waals surface area contributed by atoms with Crippen LogP contribution in [-0.2, 0) is 5.54 Å². The Morgan fingerprint density at radius 3 is 2.50 bits per heavy atom. The largest absolute Gasteiger partial charge is 0.315 e. The molecule has 3 heterocycles. The molecular formula is C28H31N5S. The Bertz CT molecular complexity index is 1270. The second-order valence-corrected chi connectivity index (χ2v) is 10.5. The highest BCUT2D eigenvalue weighted by Gasteiger charge is 2.29. The minimum absolute atomic E-state index is 0.490. The molecule has 0 aliphatic carbocycles. The van der Waals surface area contributed by atoms with Gasteiger partial charge in [0.1, 0.15) is 0 Å². The number of likely N-dealkylation sites (tertiary alicyclic amines) is 1. The number of nitrogens with two attached hydrogens (primary N) is 1. The number of thiazole rings is 1. The molecule has 5 nitrogen and oxygen atoms in total. The van der Waals surface area contributed by atoms with Gasteiger partial charge >= 0.3 is 0 Å². The first kappa shape index (κ1) is 22.8. The van der Waals surface area contributed by atoms with E-state index in [0.717, 1.165) is 53.3 Å². The monoisotopic (exact) mass is 469 g/mol. The van der Waals surface area contributed by atoms with E-state index in [9.17, 15) is 0 Å². The summed E-state index contributed by atoms with van der Waals surface area (Å²) >= 11 is 1.78. The van der Waals surface area contributed by atoms with Crippen LogP contribution >= 0.6 is 11.3 Å². The predicted octanol–water partition coefficient (Wildman–Crippen LogP) is 5.61. The molecule has 1 saturated heterocycles. The van der Waals surface area contributed by atoms with Crippen LogP contribution in [0.15, 0.2) is 66.9 Å². The summed E-state index contributed by atoms with van der Waals surface area (Å²) in [6.07, 6.45) is 4.10. The molecule has 0 saturated carbocycles. The molecule has 0 amide bonds. The van der Waals surface area contributed by atoms with Crippen molar-refractivity contribution in [1.82, 2.24) is 19.9 Å². The van der Waals surface area contributed by atoms with Gasteiger partial charge < -0.3 is 10.6 Å². The quantitative estimate of drug-likeness (QED) is 0.412. The fourth-order valence-corrected chi connectivity index (χ4v) is 5.80. The number of nitrogens with zero attached hydrogens (tertiary/aromatic N) is 4. The van der Waals surface area contributed by atoms with Crippen molar-refractivity contribution in [3.63, 3.8) is 0 Å². The van der Waals surface area contributed by atoms with Crippen molar-refractivity contribution in [2.24, 2.45) is 5.73 Å². The lowest BCUT2D eigenvalue weighted by atomic mass is 9.92. The Morgan fingerprint density at radius 1 is 1.00 bits per heavy atom. The Morgan fingerprint density at radius 2 is 1.76 bits per heavy atom. The van der Waals surface area contributed by atoms with Crippen molar-refractivity contribution in [2.75, 3.05) is 20.1 Å². The third-order valence-electron chi connectivity index (χ3n) is 6.73. The van der Waals surface area contributed by atoms with Gasteiger partial charge in [0.25, 0.3) is 0 Å². The fourth-order valence-electron chi connectivity index (χ4n) is 4.58. The van der Waals surface area contributed by atoms with Gasteiger partial charge in [0.15, 0.2) is 5.82 Å². The zero-order chi connectivity index (χ0) is 23.7. The Kier molecular flexibility index (Phi) is 6.30. The van der Waals surface area contributed by atoms with E-state index in [2.05, 4.69) is 48.1 Å². The molecule has 5 rings (SSSR count). The first-order chi connectivity index (χ1) is 16.4. The molecule has 0 bridgehead atoms. The van der Waals surface area contributed by atoms with Crippen molar-refractivity contribution >= 4 is 11.3 Å². The fraction of sp³-hybridized carbons (Fsp3) is 0.321. The Hall–Kier alpha value is -2.93. The maximum atomic E-state index is 6.77. The van der Waals surface area contributed by atoms with Gasteiger partial charge in [-0.2, -0.15) is 0 Å². The van der Waals surface area contributed by atoms with Crippen molar-refractivity contribution in [1.29, 1.82) is 0 Å². The predicted molar refractivity (Wildman–Crippen MR) is 140 cm³/mol. The standard InChI is InChI=1S/C28H31N5S/c1-19-8-7-9-21(18-19)24-25(34-26(32-24)20-13-16-33(3)17-14-20)23-12-15-30-27(31-23)28(2,29)22-10-5-4-6-11-22/h4-12,15,18,20H,13-14,16-17,29H2,1-3H3/t28-/m0/s1. The molecule has 1 fully saturated rings. The van der Waals surface area contributed by atoms with E-state index in [1.807, 2.05) is 49.5 Å². The Balaban J connectivity index is 1.59. The number of benzene rings is 2. The summed E-state index contributed by atoms with van der Waals surface area (Å²) in [5, 5.41) is 1.21. The summed E-state index contributed by atoms with van der Waals surface area (Å²) in [6, 6.07) is 20.6. The minimum atomic E-state index is -0.789. The lowest BCUT2D eigenvalue weighted by Gasteiger charge is -2.27. The zero-order valence-electron chi connectivity index (χ0n) is 20.0. The SMILES string of the molecule is Cc1cccc(-c2nc(C3CCN(C)CC3)sc2-c2ccnc([C@@](C)(N)c3ccccc3)n2)c1. The number of hydrogen-bond donors (Lipinski definition) is 1. The van der Waals surface area contributed by atoms with Crippen LogP contribution in [-0.4, -0.2) is 40.0 Å². The maximum Gasteiger partial charge on any atom is 0.153 e. The molecular weight excluding hydrogens is 438 g/mol. The number of aryl methyl sites for hydroxylation is 1. The molecule has 174 valence electrons. The minimum Gasteiger partial charge on any atom is -0.315 e. The topological polar surface area (TPSA) is 67.9 Å². The molecule has 1 aliphatic heterocycles. The molecule has 1 atom stereocenters. The first-order valence-electron chi connectivity index (χ1n) is 11.9. The smallest absolute Gasteiger partial charge is 0.153 e. The third kappa shape index (κ3) is 4.53. The van der Waals surface area contributed by atoms with Gasteiger partial charge in [0.05, 0.1) is 26.8 Å². The molecule has 2 aromatic heterocycles. The molecule has 4 aromatic rings. The zero-order valence-corrected chi connectivity index (χ0v) is 20.8. The second kappa shape index (κ2) is 9.37. The lowest BCUT2D eigenvalue weighted by molar-refractivity contribution is 0.255. The van der Waals surface area contributed by atoms with Gasteiger partial charge in [0, 0.05) is 17.7 Å². The summed E-state index contributed by atoms with van der Waals surface area (Å²) in [4.78, 5) is 18.3. The normalized spacial score (nSPS) is 16.9. The van der Waals surface area contributed by atoms with Gasteiger partial charge in [-0.05, 0) is 64.5 Å². The molecule has 0 radical (unpaired) electrons. The van der Waals surface area contributed by atoms with E-state index in [4.69, 9.17) is 15.7 Å². The molecule has 6 heteroatoms. The number of rotatable bonds is 5. The highest BCUT2D eigenvalue weighted by atomic mass is 32.1. The highest BCUT2D eigenvalue weighted by Crippen LogP contribution is 2.41. The van der Waals surface area contributed by atoms with Crippen molar-refractivity contribution in [3.8, 4) is 21.8 Å². The number of hydrogen-bond acceptors (Lipinski definition) is 6. The van der Waals surface area contributed by atoms with E-state index in [1.165, 1.54) is 10.6 Å². The van der Waals surface area contributed by atoms with E-state index in [-0.39, 0.29) is 0 Å². The summed E-state index contributed by atoms with van der Waals surface area (Å²) in [7, 11) is 2.20. The van der Waals surface area contributed by atoms with Gasteiger partial charge in [0.2, 0.25) is 0 Å². The molecule has 0 unspecified atom stereocenters. The summed E-state index contributed by atoms with van der Waals surface area (Å²) in [5.74, 6) is 1.10. The van der Waals surface area contributed by atoms with Gasteiger partial charge in [-0.3, -0.25) is 0 Å².